The summed E-state index contributed by atoms with van der Waals surface area (Å²) in [6, 6.07) is 11.9. The highest BCUT2D eigenvalue weighted by Gasteiger charge is 2.30. The molecule has 0 saturated carbocycles. The number of aryl methyl sites for hydroxylation is 1. The van der Waals surface area contributed by atoms with Crippen LogP contribution in [0.2, 0.25) is 0 Å². The summed E-state index contributed by atoms with van der Waals surface area (Å²) in [7, 11) is 0. The molecule has 2 rings (SSSR count). The number of halogens is 3. The number of hydrogen-bond acceptors (Lipinski definition) is 3. The number of hydrogen-bond donors (Lipinski definition) is 3. The number of rotatable bonds is 3. The molecule has 9 heteroatoms. The number of nitrogens with one attached hydrogen (secondary N) is 3. The van der Waals surface area contributed by atoms with Crippen molar-refractivity contribution in [1.82, 2.24) is 10.9 Å². The normalized spacial score (nSPS) is 10.7. The van der Waals surface area contributed by atoms with Crippen molar-refractivity contribution >= 4 is 28.9 Å². The van der Waals surface area contributed by atoms with Crippen LogP contribution < -0.4 is 20.9 Å². The van der Waals surface area contributed by atoms with Crippen LogP contribution in [0.5, 0.6) is 5.75 Å². The number of carbonyl (C=O) groups excluding carboxylic acids is 1. The fraction of sp³-hybridized carbons (Fsp3) is 0.125. The quantitative estimate of drug-likeness (QED) is 0.571. The lowest BCUT2D eigenvalue weighted by Gasteiger charge is -2.13. The van der Waals surface area contributed by atoms with Crippen LogP contribution in [-0.4, -0.2) is 17.4 Å². The molecule has 0 saturated heterocycles. The molecule has 0 spiro atoms. The van der Waals surface area contributed by atoms with Gasteiger partial charge >= 0.3 is 6.36 Å². The zero-order chi connectivity index (χ0) is 18.4. The van der Waals surface area contributed by atoms with Crippen molar-refractivity contribution in [2.75, 3.05) is 5.32 Å². The maximum atomic E-state index is 12.1. The topological polar surface area (TPSA) is 62.4 Å². The van der Waals surface area contributed by atoms with E-state index < -0.39 is 6.36 Å². The molecule has 0 radical (unpaired) electrons. The van der Waals surface area contributed by atoms with E-state index in [-0.39, 0.29) is 16.8 Å². The molecule has 5 nitrogen and oxygen atoms in total. The van der Waals surface area contributed by atoms with Gasteiger partial charge in [-0.2, -0.15) is 0 Å². The SMILES string of the molecule is Cc1ccc(C(=O)NNC(=S)Nc2ccc(OC(F)(F)F)cc2)cc1. The highest BCUT2D eigenvalue weighted by atomic mass is 32.1. The van der Waals surface area contributed by atoms with E-state index in [2.05, 4.69) is 20.9 Å². The largest absolute Gasteiger partial charge is 0.573 e. The van der Waals surface area contributed by atoms with E-state index in [9.17, 15) is 18.0 Å². The monoisotopic (exact) mass is 369 g/mol. The third-order valence-corrected chi connectivity index (χ3v) is 3.15. The Hall–Kier alpha value is -2.81. The maximum Gasteiger partial charge on any atom is 0.573 e. The van der Waals surface area contributed by atoms with Crippen molar-refractivity contribution in [2.45, 2.75) is 13.3 Å². The van der Waals surface area contributed by atoms with Gasteiger partial charge in [0, 0.05) is 11.3 Å². The van der Waals surface area contributed by atoms with Crippen LogP contribution in [-0.2, 0) is 0 Å². The van der Waals surface area contributed by atoms with Crippen molar-refractivity contribution in [2.24, 2.45) is 0 Å². The molecular weight excluding hydrogens is 355 g/mol. The van der Waals surface area contributed by atoms with Crippen LogP contribution in [0.4, 0.5) is 18.9 Å². The molecule has 0 heterocycles. The van der Waals surface area contributed by atoms with E-state index >= 15 is 0 Å². The smallest absolute Gasteiger partial charge is 0.406 e. The summed E-state index contributed by atoms with van der Waals surface area (Å²) in [4.78, 5) is 11.9. The van der Waals surface area contributed by atoms with Gasteiger partial charge in [-0.05, 0) is 55.5 Å². The van der Waals surface area contributed by atoms with Gasteiger partial charge in [-0.1, -0.05) is 17.7 Å². The molecule has 1 amide bonds. The second-order valence-electron chi connectivity index (χ2n) is 4.97. The first-order chi connectivity index (χ1) is 11.7. The summed E-state index contributed by atoms with van der Waals surface area (Å²) in [6.07, 6.45) is -4.74. The number of anilines is 1. The Morgan fingerprint density at radius 3 is 2.16 bits per heavy atom. The molecule has 0 fully saturated rings. The van der Waals surface area contributed by atoms with E-state index in [0.29, 0.717) is 11.3 Å². The van der Waals surface area contributed by atoms with Crippen LogP contribution in [0.25, 0.3) is 0 Å². The zero-order valence-corrected chi connectivity index (χ0v) is 13.8. The lowest BCUT2D eigenvalue weighted by Crippen LogP contribution is -2.43. The predicted molar refractivity (Wildman–Crippen MR) is 91.1 cm³/mol. The first-order valence-electron chi connectivity index (χ1n) is 7.03. The fourth-order valence-electron chi connectivity index (χ4n) is 1.79. The maximum absolute atomic E-state index is 12.1. The van der Waals surface area contributed by atoms with E-state index in [1.54, 1.807) is 24.3 Å². The minimum absolute atomic E-state index is 0.0740. The highest BCUT2D eigenvalue weighted by Crippen LogP contribution is 2.23. The Bertz CT molecular complexity index is 747. The molecule has 132 valence electrons. The standard InChI is InChI=1S/C16H14F3N3O2S/c1-10-2-4-11(5-3-10)14(23)21-22-15(25)20-12-6-8-13(9-7-12)24-16(17,18)19/h2-9H,1H3,(H,21,23)(H2,20,22,25). The molecule has 25 heavy (non-hydrogen) atoms. The summed E-state index contributed by atoms with van der Waals surface area (Å²) < 4.78 is 40.0. The molecule has 2 aromatic rings. The number of carbonyl (C=O) groups is 1. The summed E-state index contributed by atoms with van der Waals surface area (Å²) in [5.41, 5.74) is 6.83. The molecule has 3 N–H and O–H groups in total. The van der Waals surface area contributed by atoms with Gasteiger partial charge in [0.1, 0.15) is 5.75 Å². The third-order valence-electron chi connectivity index (χ3n) is 2.95. The van der Waals surface area contributed by atoms with Crippen LogP contribution in [0, 0.1) is 6.92 Å². The van der Waals surface area contributed by atoms with Crippen LogP contribution >= 0.6 is 12.2 Å². The lowest BCUT2D eigenvalue weighted by molar-refractivity contribution is -0.274. The van der Waals surface area contributed by atoms with Gasteiger partial charge in [0.15, 0.2) is 5.11 Å². The summed E-state index contributed by atoms with van der Waals surface area (Å²) in [5.74, 6) is -0.720. The Balaban J connectivity index is 1.83. The number of benzene rings is 2. The molecule has 0 aromatic heterocycles. The predicted octanol–water partition coefficient (Wildman–Crippen LogP) is 3.53. The van der Waals surface area contributed by atoms with E-state index in [1.165, 1.54) is 12.1 Å². The van der Waals surface area contributed by atoms with Crippen molar-refractivity contribution in [3.8, 4) is 5.75 Å². The molecule has 0 atom stereocenters. The van der Waals surface area contributed by atoms with Crippen molar-refractivity contribution in [1.29, 1.82) is 0 Å². The van der Waals surface area contributed by atoms with Crippen molar-refractivity contribution < 1.29 is 22.7 Å². The molecule has 0 bridgehead atoms. The highest BCUT2D eigenvalue weighted by molar-refractivity contribution is 7.80. The van der Waals surface area contributed by atoms with Gasteiger partial charge in [0.05, 0.1) is 0 Å². The van der Waals surface area contributed by atoms with Crippen LogP contribution in [0.3, 0.4) is 0 Å². The first kappa shape index (κ1) is 18.5. The molecule has 0 aliphatic heterocycles. The van der Waals surface area contributed by atoms with E-state index in [1.807, 2.05) is 6.92 Å². The minimum atomic E-state index is -4.74. The average Bonchev–Trinajstić information content (AvgIpc) is 2.54. The lowest BCUT2D eigenvalue weighted by atomic mass is 10.1. The van der Waals surface area contributed by atoms with Gasteiger partial charge in [0.25, 0.3) is 5.91 Å². The molecular formula is C16H14F3N3O2S. The summed E-state index contributed by atoms with van der Waals surface area (Å²) in [5, 5.41) is 2.79. The third kappa shape index (κ3) is 6.30. The van der Waals surface area contributed by atoms with Gasteiger partial charge < -0.3 is 10.1 Å². The number of alkyl halides is 3. The van der Waals surface area contributed by atoms with Crippen LogP contribution in [0.1, 0.15) is 15.9 Å². The molecule has 0 aliphatic rings. The molecule has 0 aliphatic carbocycles. The molecule has 2 aromatic carbocycles. The number of ether oxygens (including phenoxy) is 1. The van der Waals surface area contributed by atoms with E-state index in [0.717, 1.165) is 17.7 Å². The summed E-state index contributed by atoms with van der Waals surface area (Å²) >= 11 is 5.00. The number of hydrazine groups is 1. The van der Waals surface area contributed by atoms with Crippen molar-refractivity contribution in [3.63, 3.8) is 0 Å². The summed E-state index contributed by atoms with van der Waals surface area (Å²) in [6.45, 7) is 1.91. The van der Waals surface area contributed by atoms with Gasteiger partial charge in [-0.15, -0.1) is 13.2 Å². The zero-order valence-electron chi connectivity index (χ0n) is 13.0. The number of amides is 1. The Labute approximate surface area is 147 Å². The second-order valence-corrected chi connectivity index (χ2v) is 5.38. The minimum Gasteiger partial charge on any atom is -0.406 e. The Morgan fingerprint density at radius 1 is 1.00 bits per heavy atom. The average molecular weight is 369 g/mol. The van der Waals surface area contributed by atoms with Gasteiger partial charge in [-0.25, -0.2) is 0 Å². The fourth-order valence-corrected chi connectivity index (χ4v) is 1.96. The second kappa shape index (κ2) is 7.84. The Kier molecular flexibility index (Phi) is 5.81. The van der Waals surface area contributed by atoms with Crippen LogP contribution in [0.15, 0.2) is 48.5 Å². The van der Waals surface area contributed by atoms with Crippen molar-refractivity contribution in [3.05, 3.63) is 59.7 Å². The van der Waals surface area contributed by atoms with Gasteiger partial charge in [0.2, 0.25) is 0 Å². The number of thiocarbonyl (C=S) groups is 1. The Morgan fingerprint density at radius 2 is 1.60 bits per heavy atom. The van der Waals surface area contributed by atoms with E-state index in [4.69, 9.17) is 12.2 Å². The molecule has 0 unspecified atom stereocenters. The first-order valence-corrected chi connectivity index (χ1v) is 7.43. The van der Waals surface area contributed by atoms with Gasteiger partial charge in [-0.3, -0.25) is 15.6 Å².